The van der Waals surface area contributed by atoms with E-state index in [0.29, 0.717) is 0 Å². The first kappa shape index (κ1) is 25.7. The fourth-order valence-corrected chi connectivity index (χ4v) is 4.87. The van der Waals surface area contributed by atoms with Crippen LogP contribution >= 0.6 is 0 Å². The predicted octanol–water partition coefficient (Wildman–Crippen LogP) is 9.20. The Bertz CT molecular complexity index is 926. The molecule has 0 spiro atoms. The van der Waals surface area contributed by atoms with Crippen LogP contribution in [0.1, 0.15) is 130 Å². The van der Waals surface area contributed by atoms with Gasteiger partial charge in [0.15, 0.2) is 0 Å². The number of hydrogen-bond acceptors (Lipinski definition) is 0. The van der Waals surface area contributed by atoms with Crippen molar-refractivity contribution in [3.05, 3.63) is 69.8 Å². The van der Waals surface area contributed by atoms with Gasteiger partial charge >= 0.3 is 0 Å². The van der Waals surface area contributed by atoms with Gasteiger partial charge in [-0.2, -0.15) is 0 Å². The number of hydrogen-bond donors (Lipinski definition) is 0. The second-order valence-electron chi connectivity index (χ2n) is 14.1. The van der Waals surface area contributed by atoms with Gasteiger partial charge in [-0.25, -0.2) is 0 Å². The zero-order valence-electron chi connectivity index (χ0n) is 23.0. The number of rotatable bonds is 2. The Morgan fingerprint density at radius 1 is 0.419 bits per heavy atom. The molecule has 0 fully saturated rings. The standard InChI is InChI=1S/C31H48/c1-27(2,3)22-19-18-21(20-25(22)29(7,8)9)31(13,14)24-17-15-16-23(28(4,5)6)26(24)30(10,11)12/h15-20H,1-14H3. The molecule has 2 aromatic rings. The maximum absolute atomic E-state index is 2.50. The first-order chi connectivity index (χ1) is 13.7. The molecule has 0 aliphatic heterocycles. The maximum atomic E-state index is 2.50. The van der Waals surface area contributed by atoms with E-state index in [-0.39, 0.29) is 27.1 Å². The highest BCUT2D eigenvalue weighted by atomic mass is 14.4. The minimum absolute atomic E-state index is 0.0781. The smallest absolute Gasteiger partial charge is 0.0149 e. The van der Waals surface area contributed by atoms with Crippen molar-refractivity contribution >= 4 is 0 Å². The van der Waals surface area contributed by atoms with Crippen molar-refractivity contribution in [1.29, 1.82) is 0 Å². The van der Waals surface area contributed by atoms with Crippen molar-refractivity contribution < 1.29 is 0 Å². The summed E-state index contributed by atoms with van der Waals surface area (Å²) in [6.45, 7) is 32.9. The third-order valence-corrected chi connectivity index (χ3v) is 6.65. The molecular formula is C31H48. The lowest BCUT2D eigenvalue weighted by Gasteiger charge is -2.39. The molecule has 0 aliphatic carbocycles. The van der Waals surface area contributed by atoms with Crippen LogP contribution in [-0.2, 0) is 27.1 Å². The Morgan fingerprint density at radius 2 is 0.871 bits per heavy atom. The van der Waals surface area contributed by atoms with Gasteiger partial charge < -0.3 is 0 Å². The molecule has 0 radical (unpaired) electrons. The van der Waals surface area contributed by atoms with Gasteiger partial charge in [-0.3, -0.25) is 0 Å². The molecule has 0 nitrogen and oxygen atoms in total. The highest BCUT2D eigenvalue weighted by Gasteiger charge is 2.35. The van der Waals surface area contributed by atoms with Crippen LogP contribution in [0.25, 0.3) is 0 Å². The van der Waals surface area contributed by atoms with Gasteiger partial charge in [0.05, 0.1) is 0 Å². The van der Waals surface area contributed by atoms with Crippen LogP contribution in [0.15, 0.2) is 36.4 Å². The molecular weight excluding hydrogens is 372 g/mol. The van der Waals surface area contributed by atoms with Gasteiger partial charge in [-0.1, -0.05) is 133 Å². The zero-order valence-corrected chi connectivity index (χ0v) is 23.0. The van der Waals surface area contributed by atoms with Gasteiger partial charge in [-0.05, 0) is 55.0 Å². The minimum atomic E-state index is -0.0830. The lowest BCUT2D eigenvalue weighted by atomic mass is 9.65. The average Bonchev–Trinajstić information content (AvgIpc) is 2.57. The van der Waals surface area contributed by atoms with Crippen LogP contribution < -0.4 is 0 Å². The van der Waals surface area contributed by atoms with E-state index in [0.717, 1.165) is 0 Å². The summed E-state index contributed by atoms with van der Waals surface area (Å²) in [5.74, 6) is 0. The fourth-order valence-electron chi connectivity index (χ4n) is 4.87. The molecule has 2 rings (SSSR count). The Morgan fingerprint density at radius 3 is 1.29 bits per heavy atom. The largest absolute Gasteiger partial charge is 0.0616 e. The second kappa shape index (κ2) is 7.79. The Kier molecular flexibility index (Phi) is 6.46. The molecule has 0 amide bonds. The fraction of sp³-hybridized carbons (Fsp3) is 0.613. The zero-order chi connectivity index (χ0) is 24.2. The highest BCUT2D eigenvalue weighted by Crippen LogP contribution is 2.44. The van der Waals surface area contributed by atoms with E-state index in [2.05, 4.69) is 133 Å². The van der Waals surface area contributed by atoms with Crippen LogP contribution in [0.3, 0.4) is 0 Å². The van der Waals surface area contributed by atoms with Crippen LogP contribution in [0.5, 0.6) is 0 Å². The van der Waals surface area contributed by atoms with Crippen molar-refractivity contribution in [3.63, 3.8) is 0 Å². The highest BCUT2D eigenvalue weighted by molar-refractivity contribution is 5.52. The minimum Gasteiger partial charge on any atom is -0.0616 e. The predicted molar refractivity (Wildman–Crippen MR) is 140 cm³/mol. The quantitative estimate of drug-likeness (QED) is 0.454. The second-order valence-corrected chi connectivity index (χ2v) is 14.1. The molecule has 0 saturated heterocycles. The van der Waals surface area contributed by atoms with Gasteiger partial charge in [-0.15, -0.1) is 0 Å². The van der Waals surface area contributed by atoms with Crippen LogP contribution in [0, 0.1) is 0 Å². The molecule has 172 valence electrons. The summed E-state index contributed by atoms with van der Waals surface area (Å²) in [6, 6.07) is 14.2. The van der Waals surface area contributed by atoms with E-state index in [1.807, 2.05) is 0 Å². The van der Waals surface area contributed by atoms with E-state index in [1.165, 1.54) is 33.4 Å². The molecule has 0 heterocycles. The summed E-state index contributed by atoms with van der Waals surface area (Å²) in [5.41, 5.74) is 9.10. The normalized spacial score (nSPS) is 14.1. The molecule has 2 aromatic carbocycles. The molecule has 0 heteroatoms. The monoisotopic (exact) mass is 420 g/mol. The van der Waals surface area contributed by atoms with Crippen LogP contribution in [0.4, 0.5) is 0 Å². The molecule has 31 heavy (non-hydrogen) atoms. The first-order valence-electron chi connectivity index (χ1n) is 12.0. The molecule has 0 saturated carbocycles. The van der Waals surface area contributed by atoms with Crippen molar-refractivity contribution in [2.75, 3.05) is 0 Å². The summed E-state index contributed by atoms with van der Waals surface area (Å²) < 4.78 is 0. The molecule has 0 bridgehead atoms. The number of benzene rings is 2. The topological polar surface area (TPSA) is 0 Å². The Balaban J connectivity index is 2.86. The summed E-state index contributed by atoms with van der Waals surface area (Å²) in [4.78, 5) is 0. The van der Waals surface area contributed by atoms with E-state index in [4.69, 9.17) is 0 Å². The summed E-state index contributed by atoms with van der Waals surface area (Å²) in [5, 5.41) is 0. The van der Waals surface area contributed by atoms with Gasteiger partial charge in [0.25, 0.3) is 0 Å². The molecule has 0 atom stereocenters. The van der Waals surface area contributed by atoms with Crippen LogP contribution in [0.2, 0.25) is 0 Å². The summed E-state index contributed by atoms with van der Waals surface area (Å²) in [6.07, 6.45) is 0. The molecule has 0 aromatic heterocycles. The van der Waals surface area contributed by atoms with Crippen molar-refractivity contribution in [2.45, 2.75) is 124 Å². The molecule has 0 N–H and O–H groups in total. The summed E-state index contributed by atoms with van der Waals surface area (Å²) in [7, 11) is 0. The van der Waals surface area contributed by atoms with Crippen molar-refractivity contribution in [3.8, 4) is 0 Å². The van der Waals surface area contributed by atoms with Crippen molar-refractivity contribution in [1.82, 2.24) is 0 Å². The van der Waals surface area contributed by atoms with Gasteiger partial charge in [0, 0.05) is 5.41 Å². The van der Waals surface area contributed by atoms with Gasteiger partial charge in [0.1, 0.15) is 0 Å². The molecule has 0 aliphatic rings. The lowest BCUT2D eigenvalue weighted by Crippen LogP contribution is -2.30. The van der Waals surface area contributed by atoms with E-state index in [9.17, 15) is 0 Å². The Labute approximate surface area is 193 Å². The summed E-state index contributed by atoms with van der Waals surface area (Å²) >= 11 is 0. The van der Waals surface area contributed by atoms with Gasteiger partial charge in [0.2, 0.25) is 0 Å². The Hall–Kier alpha value is -1.56. The SMILES string of the molecule is CC(C)(C)c1ccc(C(C)(C)c2cccc(C(C)(C)C)c2C(C)(C)C)cc1C(C)(C)C. The van der Waals surface area contributed by atoms with Crippen molar-refractivity contribution in [2.24, 2.45) is 0 Å². The maximum Gasteiger partial charge on any atom is 0.0149 e. The van der Waals surface area contributed by atoms with E-state index >= 15 is 0 Å². The van der Waals surface area contributed by atoms with E-state index in [1.54, 1.807) is 0 Å². The molecule has 0 unspecified atom stereocenters. The average molecular weight is 421 g/mol. The van der Waals surface area contributed by atoms with Crippen LogP contribution in [-0.4, -0.2) is 0 Å². The van der Waals surface area contributed by atoms with E-state index < -0.39 is 0 Å². The third kappa shape index (κ3) is 5.27. The third-order valence-electron chi connectivity index (χ3n) is 6.65. The first-order valence-corrected chi connectivity index (χ1v) is 12.0. The lowest BCUT2D eigenvalue weighted by molar-refractivity contribution is 0.504.